The first-order valence-electron chi connectivity index (χ1n) is 5.68. The summed E-state index contributed by atoms with van der Waals surface area (Å²) in [6.45, 7) is 1.76. The summed E-state index contributed by atoms with van der Waals surface area (Å²) in [4.78, 5) is 17.6. The van der Waals surface area contributed by atoms with Gasteiger partial charge in [0.05, 0.1) is 5.69 Å². The summed E-state index contributed by atoms with van der Waals surface area (Å²) < 4.78 is 1.96. The Hall–Kier alpha value is -1.36. The van der Waals surface area contributed by atoms with Crippen LogP contribution < -0.4 is 0 Å². The Morgan fingerprint density at radius 3 is 2.88 bits per heavy atom. The zero-order valence-electron chi connectivity index (χ0n) is 9.31. The molecule has 16 heavy (non-hydrogen) atoms. The van der Waals surface area contributed by atoms with E-state index in [4.69, 9.17) is 5.11 Å². The molecule has 0 radical (unpaired) electrons. The van der Waals surface area contributed by atoms with Crippen molar-refractivity contribution in [3.63, 3.8) is 0 Å². The van der Waals surface area contributed by atoms with Crippen molar-refractivity contribution in [2.45, 2.75) is 31.8 Å². The SMILES string of the molecule is CN1CCc2c(nc(C(=O)O)n2C2CC2)C1. The van der Waals surface area contributed by atoms with E-state index in [0.29, 0.717) is 6.04 Å². The smallest absolute Gasteiger partial charge is 0.372 e. The van der Waals surface area contributed by atoms with Gasteiger partial charge in [-0.2, -0.15) is 0 Å². The van der Waals surface area contributed by atoms with E-state index in [1.54, 1.807) is 0 Å². The molecule has 1 aliphatic heterocycles. The number of likely N-dealkylation sites (N-methyl/N-ethyl adjacent to an activating group) is 1. The fourth-order valence-electron chi connectivity index (χ4n) is 2.41. The lowest BCUT2D eigenvalue weighted by atomic mass is 10.1. The van der Waals surface area contributed by atoms with Crippen LogP contribution in [0, 0.1) is 0 Å². The van der Waals surface area contributed by atoms with E-state index < -0.39 is 5.97 Å². The number of rotatable bonds is 2. The number of fused-ring (bicyclic) bond motifs is 1. The predicted octanol–water partition coefficient (Wildman–Crippen LogP) is 0.904. The lowest BCUT2D eigenvalue weighted by Crippen LogP contribution is -2.27. The van der Waals surface area contributed by atoms with Gasteiger partial charge < -0.3 is 14.6 Å². The minimum atomic E-state index is -0.899. The molecule has 0 saturated heterocycles. The Balaban J connectivity index is 2.09. The molecule has 1 aliphatic carbocycles. The first-order chi connectivity index (χ1) is 7.66. The molecule has 1 fully saturated rings. The molecule has 0 spiro atoms. The van der Waals surface area contributed by atoms with Gasteiger partial charge >= 0.3 is 5.97 Å². The van der Waals surface area contributed by atoms with E-state index in [0.717, 1.165) is 43.7 Å². The normalized spacial score (nSPS) is 20.8. The second-order valence-electron chi connectivity index (χ2n) is 4.72. The van der Waals surface area contributed by atoms with Gasteiger partial charge in [-0.25, -0.2) is 9.78 Å². The van der Waals surface area contributed by atoms with Crippen LogP contribution in [0.1, 0.15) is 40.9 Å². The van der Waals surface area contributed by atoms with Crippen LogP contribution in [-0.2, 0) is 13.0 Å². The van der Waals surface area contributed by atoms with Crippen molar-refractivity contribution in [2.75, 3.05) is 13.6 Å². The predicted molar refractivity (Wildman–Crippen MR) is 57.5 cm³/mol. The fourth-order valence-corrected chi connectivity index (χ4v) is 2.41. The second-order valence-corrected chi connectivity index (χ2v) is 4.72. The topological polar surface area (TPSA) is 58.4 Å². The molecule has 0 aromatic carbocycles. The molecule has 1 N–H and O–H groups in total. The molecule has 0 amide bonds. The summed E-state index contributed by atoms with van der Waals surface area (Å²) in [6, 6.07) is 0.394. The zero-order valence-corrected chi connectivity index (χ0v) is 9.31. The number of carbonyl (C=O) groups is 1. The Labute approximate surface area is 93.7 Å². The van der Waals surface area contributed by atoms with Crippen LogP contribution in [0.25, 0.3) is 0 Å². The van der Waals surface area contributed by atoms with E-state index in [-0.39, 0.29) is 5.82 Å². The Bertz CT molecular complexity index is 448. The van der Waals surface area contributed by atoms with Gasteiger partial charge in [-0.05, 0) is 19.9 Å². The van der Waals surface area contributed by atoms with Crippen LogP contribution >= 0.6 is 0 Å². The quantitative estimate of drug-likeness (QED) is 0.806. The molecule has 3 rings (SSSR count). The van der Waals surface area contributed by atoms with Crippen molar-refractivity contribution in [2.24, 2.45) is 0 Å². The van der Waals surface area contributed by atoms with Crippen LogP contribution in [-0.4, -0.2) is 39.1 Å². The van der Waals surface area contributed by atoms with Crippen molar-refractivity contribution >= 4 is 5.97 Å². The van der Waals surface area contributed by atoms with Gasteiger partial charge in [-0.1, -0.05) is 0 Å². The van der Waals surface area contributed by atoms with Crippen LogP contribution in [0.4, 0.5) is 0 Å². The summed E-state index contributed by atoms with van der Waals surface area (Å²) in [5.41, 5.74) is 2.11. The number of imidazole rings is 1. The van der Waals surface area contributed by atoms with Crippen molar-refractivity contribution in [3.8, 4) is 0 Å². The molecular formula is C11H15N3O2. The number of hydrogen-bond acceptors (Lipinski definition) is 3. The highest BCUT2D eigenvalue weighted by atomic mass is 16.4. The summed E-state index contributed by atoms with van der Waals surface area (Å²) in [5, 5.41) is 9.16. The molecule has 5 heteroatoms. The van der Waals surface area contributed by atoms with E-state index in [2.05, 4.69) is 9.88 Å². The van der Waals surface area contributed by atoms with Crippen LogP contribution in [0.15, 0.2) is 0 Å². The molecule has 0 atom stereocenters. The molecule has 5 nitrogen and oxygen atoms in total. The molecule has 2 heterocycles. The number of aromatic carboxylic acids is 1. The first-order valence-corrected chi connectivity index (χ1v) is 5.68. The standard InChI is InChI=1S/C11H15N3O2/c1-13-5-4-9-8(6-13)12-10(11(15)16)14(9)7-2-3-7/h7H,2-6H2,1H3,(H,15,16). The third-order valence-corrected chi connectivity index (χ3v) is 3.35. The zero-order chi connectivity index (χ0) is 11.3. The van der Waals surface area contributed by atoms with Gasteiger partial charge in [0.1, 0.15) is 0 Å². The van der Waals surface area contributed by atoms with Gasteiger partial charge in [0, 0.05) is 31.2 Å². The van der Waals surface area contributed by atoms with Crippen LogP contribution in [0.3, 0.4) is 0 Å². The summed E-state index contributed by atoms with van der Waals surface area (Å²) in [7, 11) is 2.04. The van der Waals surface area contributed by atoms with Crippen LogP contribution in [0.2, 0.25) is 0 Å². The average Bonchev–Trinajstić information content (AvgIpc) is 2.99. The van der Waals surface area contributed by atoms with Crippen molar-refractivity contribution in [1.82, 2.24) is 14.5 Å². The largest absolute Gasteiger partial charge is 0.475 e. The van der Waals surface area contributed by atoms with Crippen molar-refractivity contribution in [1.29, 1.82) is 0 Å². The molecule has 0 unspecified atom stereocenters. The Kier molecular flexibility index (Phi) is 2.04. The lowest BCUT2D eigenvalue weighted by Gasteiger charge is -2.22. The number of nitrogens with zero attached hydrogens (tertiary/aromatic N) is 3. The number of carboxylic acid groups (broad SMARTS) is 1. The first kappa shape index (κ1) is 9.84. The fraction of sp³-hybridized carbons (Fsp3) is 0.636. The average molecular weight is 221 g/mol. The maximum atomic E-state index is 11.2. The number of carboxylic acids is 1. The highest BCUT2D eigenvalue weighted by Gasteiger charge is 2.34. The second kappa shape index (κ2) is 3.31. The molecule has 2 aliphatic rings. The van der Waals surface area contributed by atoms with Crippen molar-refractivity contribution < 1.29 is 9.90 Å². The van der Waals surface area contributed by atoms with Gasteiger partial charge in [0.15, 0.2) is 0 Å². The number of hydrogen-bond donors (Lipinski definition) is 1. The van der Waals surface area contributed by atoms with E-state index in [1.807, 2.05) is 11.6 Å². The van der Waals surface area contributed by atoms with Gasteiger partial charge in [-0.3, -0.25) is 0 Å². The van der Waals surface area contributed by atoms with Gasteiger partial charge in [0.25, 0.3) is 0 Å². The molecule has 0 bridgehead atoms. The minimum Gasteiger partial charge on any atom is -0.475 e. The minimum absolute atomic E-state index is 0.239. The maximum Gasteiger partial charge on any atom is 0.372 e. The summed E-state index contributed by atoms with van der Waals surface area (Å²) in [5.74, 6) is -0.660. The van der Waals surface area contributed by atoms with Gasteiger partial charge in [0.2, 0.25) is 5.82 Å². The van der Waals surface area contributed by atoms with E-state index >= 15 is 0 Å². The molecule has 1 aromatic rings. The molecular weight excluding hydrogens is 206 g/mol. The van der Waals surface area contributed by atoms with Crippen molar-refractivity contribution in [3.05, 3.63) is 17.2 Å². The Morgan fingerprint density at radius 2 is 2.25 bits per heavy atom. The molecule has 1 saturated carbocycles. The third-order valence-electron chi connectivity index (χ3n) is 3.35. The Morgan fingerprint density at radius 1 is 1.50 bits per heavy atom. The molecule has 1 aromatic heterocycles. The van der Waals surface area contributed by atoms with Gasteiger partial charge in [-0.15, -0.1) is 0 Å². The third kappa shape index (κ3) is 1.43. The summed E-state index contributed by atoms with van der Waals surface area (Å²) in [6.07, 6.45) is 3.11. The maximum absolute atomic E-state index is 11.2. The van der Waals surface area contributed by atoms with E-state index in [1.165, 1.54) is 0 Å². The lowest BCUT2D eigenvalue weighted by molar-refractivity contribution is 0.0677. The summed E-state index contributed by atoms with van der Waals surface area (Å²) >= 11 is 0. The van der Waals surface area contributed by atoms with E-state index in [9.17, 15) is 4.79 Å². The number of aromatic nitrogens is 2. The van der Waals surface area contributed by atoms with Crippen LogP contribution in [0.5, 0.6) is 0 Å². The molecule has 86 valence electrons. The highest BCUT2D eigenvalue weighted by Crippen LogP contribution is 2.38. The monoisotopic (exact) mass is 221 g/mol. The highest BCUT2D eigenvalue weighted by molar-refractivity contribution is 5.84.